The topological polar surface area (TPSA) is 90.6 Å². The van der Waals surface area contributed by atoms with E-state index in [0.29, 0.717) is 11.4 Å². The molecule has 7 heteroatoms. The number of hydrogen-bond donors (Lipinski definition) is 2. The number of hydrogen-bond acceptors (Lipinski definition) is 5. The summed E-state index contributed by atoms with van der Waals surface area (Å²) in [4.78, 5) is 0. The van der Waals surface area contributed by atoms with Crippen molar-refractivity contribution >= 4 is 11.2 Å². The van der Waals surface area contributed by atoms with Gasteiger partial charge < -0.3 is 15.6 Å². The van der Waals surface area contributed by atoms with E-state index in [1.807, 2.05) is 12.1 Å². The maximum atomic E-state index is 9.76. The molecule has 0 amide bonds. The molecule has 3 aromatic rings. The SMILES string of the molecule is CC(C)(O)COc1cc(-n2cc(N)cn2)c2ccnn2c1. The maximum Gasteiger partial charge on any atom is 0.140 e. The van der Waals surface area contributed by atoms with Gasteiger partial charge in [-0.3, -0.25) is 0 Å². The molecule has 0 saturated heterocycles. The van der Waals surface area contributed by atoms with Crippen LogP contribution in [0.15, 0.2) is 36.9 Å². The molecule has 7 nitrogen and oxygen atoms in total. The highest BCUT2D eigenvalue weighted by atomic mass is 16.5. The molecule has 0 fully saturated rings. The zero-order valence-corrected chi connectivity index (χ0v) is 11.9. The number of aromatic nitrogens is 4. The van der Waals surface area contributed by atoms with Crippen LogP contribution in [0.4, 0.5) is 5.69 Å². The number of ether oxygens (including phenoxy) is 1. The number of aliphatic hydroxyl groups is 1. The summed E-state index contributed by atoms with van der Waals surface area (Å²) < 4.78 is 9.00. The minimum atomic E-state index is -0.907. The second kappa shape index (κ2) is 4.78. The summed E-state index contributed by atoms with van der Waals surface area (Å²) in [5.41, 5.74) is 7.08. The summed E-state index contributed by atoms with van der Waals surface area (Å²) in [5, 5.41) is 18.2. The molecule has 0 bridgehead atoms. The molecule has 0 aliphatic heterocycles. The third kappa shape index (κ3) is 2.82. The number of nitrogens with two attached hydrogens (primary N) is 1. The van der Waals surface area contributed by atoms with Crippen molar-refractivity contribution in [2.45, 2.75) is 19.4 Å². The van der Waals surface area contributed by atoms with Crippen LogP contribution < -0.4 is 10.5 Å². The molecule has 0 radical (unpaired) electrons. The van der Waals surface area contributed by atoms with Crippen molar-refractivity contribution < 1.29 is 9.84 Å². The number of pyridine rings is 1. The highest BCUT2D eigenvalue weighted by Crippen LogP contribution is 2.23. The molecule has 0 aliphatic rings. The third-order valence-electron chi connectivity index (χ3n) is 2.90. The van der Waals surface area contributed by atoms with Crippen molar-refractivity contribution in [3.8, 4) is 11.4 Å². The summed E-state index contributed by atoms with van der Waals surface area (Å²) in [6.45, 7) is 3.56. The van der Waals surface area contributed by atoms with Crippen molar-refractivity contribution in [1.82, 2.24) is 19.4 Å². The van der Waals surface area contributed by atoms with Crippen LogP contribution in [0.25, 0.3) is 11.2 Å². The van der Waals surface area contributed by atoms with Crippen LogP contribution in [-0.2, 0) is 0 Å². The summed E-state index contributed by atoms with van der Waals surface area (Å²) in [5.74, 6) is 0.595. The Balaban J connectivity index is 2.03. The first-order valence-electron chi connectivity index (χ1n) is 6.55. The van der Waals surface area contributed by atoms with Gasteiger partial charge in [-0.2, -0.15) is 10.2 Å². The van der Waals surface area contributed by atoms with E-state index < -0.39 is 5.60 Å². The Hall–Kier alpha value is -2.54. The maximum absolute atomic E-state index is 9.76. The molecule has 0 spiro atoms. The van der Waals surface area contributed by atoms with E-state index in [2.05, 4.69) is 10.2 Å². The Morgan fingerprint density at radius 2 is 2.14 bits per heavy atom. The van der Waals surface area contributed by atoms with Gasteiger partial charge in [0.1, 0.15) is 12.4 Å². The van der Waals surface area contributed by atoms with Crippen LogP contribution in [-0.4, -0.2) is 36.7 Å². The summed E-state index contributed by atoms with van der Waals surface area (Å²) in [6, 6.07) is 3.72. The van der Waals surface area contributed by atoms with Crippen LogP contribution in [0.2, 0.25) is 0 Å². The van der Waals surface area contributed by atoms with E-state index in [0.717, 1.165) is 11.2 Å². The lowest BCUT2D eigenvalue weighted by molar-refractivity contribution is 0.0283. The second-order valence-corrected chi connectivity index (χ2v) is 5.54. The molecule has 0 aliphatic carbocycles. The smallest absolute Gasteiger partial charge is 0.140 e. The van der Waals surface area contributed by atoms with Gasteiger partial charge in [-0.15, -0.1) is 0 Å². The lowest BCUT2D eigenvalue weighted by atomic mass is 10.2. The van der Waals surface area contributed by atoms with E-state index in [4.69, 9.17) is 10.5 Å². The van der Waals surface area contributed by atoms with Crippen LogP contribution in [0.1, 0.15) is 13.8 Å². The first kappa shape index (κ1) is 13.4. The van der Waals surface area contributed by atoms with E-state index in [1.54, 1.807) is 47.8 Å². The van der Waals surface area contributed by atoms with E-state index in [-0.39, 0.29) is 6.61 Å². The molecule has 3 rings (SSSR count). The molecule has 0 unspecified atom stereocenters. The van der Waals surface area contributed by atoms with Gasteiger partial charge in [0.15, 0.2) is 0 Å². The van der Waals surface area contributed by atoms with Crippen LogP contribution in [0.5, 0.6) is 5.75 Å². The first-order chi connectivity index (χ1) is 9.92. The predicted octanol–water partition coefficient (Wildman–Crippen LogP) is 1.25. The van der Waals surface area contributed by atoms with E-state index in [1.165, 1.54) is 0 Å². The Morgan fingerprint density at radius 3 is 2.81 bits per heavy atom. The molecule has 3 aromatic heterocycles. The van der Waals surface area contributed by atoms with Crippen molar-refractivity contribution in [2.75, 3.05) is 12.3 Å². The quantitative estimate of drug-likeness (QED) is 0.753. The van der Waals surface area contributed by atoms with Crippen molar-refractivity contribution in [1.29, 1.82) is 0 Å². The zero-order chi connectivity index (χ0) is 15.0. The van der Waals surface area contributed by atoms with Crippen molar-refractivity contribution in [3.63, 3.8) is 0 Å². The number of anilines is 1. The fourth-order valence-electron chi connectivity index (χ4n) is 1.98. The lowest BCUT2D eigenvalue weighted by Gasteiger charge is -2.18. The molecule has 3 heterocycles. The Kier molecular flexibility index (Phi) is 3.06. The van der Waals surface area contributed by atoms with Gasteiger partial charge in [-0.05, 0) is 19.9 Å². The Bertz CT molecular complexity index is 769. The molecule has 0 saturated carbocycles. The van der Waals surface area contributed by atoms with Gasteiger partial charge in [0, 0.05) is 6.07 Å². The number of nitrogen functional groups attached to an aromatic ring is 1. The highest BCUT2D eigenvalue weighted by molar-refractivity contribution is 5.65. The molecular weight excluding hydrogens is 270 g/mol. The summed E-state index contributed by atoms with van der Waals surface area (Å²) in [6.07, 6.45) is 6.77. The fraction of sp³-hybridized carbons (Fsp3) is 0.286. The van der Waals surface area contributed by atoms with E-state index in [9.17, 15) is 5.11 Å². The largest absolute Gasteiger partial charge is 0.489 e. The normalized spacial score (nSPS) is 12.0. The summed E-state index contributed by atoms with van der Waals surface area (Å²) >= 11 is 0. The molecular formula is C14H17N5O2. The first-order valence-corrected chi connectivity index (χ1v) is 6.55. The fourth-order valence-corrected chi connectivity index (χ4v) is 1.98. The minimum Gasteiger partial charge on any atom is -0.489 e. The van der Waals surface area contributed by atoms with Crippen LogP contribution in [0.3, 0.4) is 0 Å². The number of rotatable bonds is 4. The van der Waals surface area contributed by atoms with Gasteiger partial charge in [0.05, 0.1) is 47.3 Å². The lowest BCUT2D eigenvalue weighted by Crippen LogP contribution is -2.28. The van der Waals surface area contributed by atoms with Gasteiger partial charge in [0.2, 0.25) is 0 Å². The molecule has 21 heavy (non-hydrogen) atoms. The van der Waals surface area contributed by atoms with Gasteiger partial charge in [-0.1, -0.05) is 0 Å². The number of fused-ring (bicyclic) bond motifs is 1. The second-order valence-electron chi connectivity index (χ2n) is 5.54. The van der Waals surface area contributed by atoms with Gasteiger partial charge in [-0.25, -0.2) is 9.20 Å². The average molecular weight is 287 g/mol. The predicted molar refractivity (Wildman–Crippen MR) is 78.5 cm³/mol. The molecule has 3 N–H and O–H groups in total. The molecule has 110 valence electrons. The molecule has 0 atom stereocenters. The Morgan fingerprint density at radius 1 is 1.33 bits per heavy atom. The van der Waals surface area contributed by atoms with Crippen molar-refractivity contribution in [2.24, 2.45) is 0 Å². The number of nitrogens with zero attached hydrogens (tertiary/aromatic N) is 4. The molecule has 0 aromatic carbocycles. The van der Waals surface area contributed by atoms with Crippen molar-refractivity contribution in [3.05, 3.63) is 36.9 Å². The standard InChI is InChI=1S/C14H17N5O2/c1-14(2,20)9-21-11-5-13(18-7-10(15)6-17-18)12-3-4-16-19(12)8-11/h3-8,20H,9,15H2,1-2H3. The minimum absolute atomic E-state index is 0.181. The zero-order valence-electron chi connectivity index (χ0n) is 11.9. The van der Waals surface area contributed by atoms with Gasteiger partial charge >= 0.3 is 0 Å². The summed E-state index contributed by atoms with van der Waals surface area (Å²) in [7, 11) is 0. The van der Waals surface area contributed by atoms with Gasteiger partial charge in [0.25, 0.3) is 0 Å². The highest BCUT2D eigenvalue weighted by Gasteiger charge is 2.15. The monoisotopic (exact) mass is 287 g/mol. The Labute approximate surface area is 121 Å². The van der Waals surface area contributed by atoms with E-state index >= 15 is 0 Å². The van der Waals surface area contributed by atoms with Crippen LogP contribution in [0, 0.1) is 0 Å². The third-order valence-corrected chi connectivity index (χ3v) is 2.90. The van der Waals surface area contributed by atoms with Crippen LogP contribution >= 0.6 is 0 Å². The average Bonchev–Trinajstić information content (AvgIpc) is 3.03.